The molecule has 1 aliphatic carbocycles. The maximum Gasteiger partial charge on any atom is 0.0465 e. The molecule has 284 valence electrons. The Balaban J connectivity index is 0.915. The maximum absolute atomic E-state index is 2.43. The zero-order valence-corrected chi connectivity index (χ0v) is 33.8. The fourth-order valence-electron chi connectivity index (χ4n) is 9.52. The molecule has 0 saturated heterocycles. The minimum Gasteiger partial charge on any atom is -0.310 e. The van der Waals surface area contributed by atoms with Gasteiger partial charge in [0.2, 0.25) is 0 Å². The van der Waals surface area contributed by atoms with Crippen LogP contribution in [0, 0.1) is 0 Å². The van der Waals surface area contributed by atoms with Crippen LogP contribution >= 0.6 is 0 Å². The molecule has 10 aromatic rings. The van der Waals surface area contributed by atoms with Gasteiger partial charge in [-0.1, -0.05) is 184 Å². The summed E-state index contributed by atoms with van der Waals surface area (Å²) in [6.45, 7) is 4.76. The van der Waals surface area contributed by atoms with Crippen molar-refractivity contribution in [3.8, 4) is 55.6 Å². The fraction of sp³-hybridized carbons (Fsp3) is 0.0508. The highest BCUT2D eigenvalue weighted by molar-refractivity contribution is 6.13. The van der Waals surface area contributed by atoms with E-state index >= 15 is 0 Å². The van der Waals surface area contributed by atoms with Crippen LogP contribution in [0.5, 0.6) is 0 Å². The van der Waals surface area contributed by atoms with E-state index in [0.29, 0.717) is 0 Å². The van der Waals surface area contributed by atoms with Crippen molar-refractivity contribution in [3.05, 3.63) is 236 Å². The Morgan fingerprint density at radius 1 is 0.283 bits per heavy atom. The van der Waals surface area contributed by atoms with Crippen LogP contribution in [-0.2, 0) is 5.41 Å². The van der Waals surface area contributed by atoms with E-state index in [9.17, 15) is 0 Å². The number of benzene rings is 10. The van der Waals surface area contributed by atoms with Gasteiger partial charge in [0.15, 0.2) is 0 Å². The Morgan fingerprint density at radius 2 is 0.750 bits per heavy atom. The standard InChI is InChI=1S/C59H43N/c1-59(2)57-38-46(41-24-26-43(27-25-41)56-37-47-16-9-10-21-51(47)52-22-11-12-23-53(52)56)30-34-54(57)55-35-33-50(39-58(55)59)60(48-19-7-4-8-20-48)49-31-28-42(29-32-49)45-18-13-17-44(36-45)40-14-5-3-6-15-40/h3-39H,1-2H3. The third-order valence-electron chi connectivity index (χ3n) is 12.7. The largest absolute Gasteiger partial charge is 0.310 e. The molecule has 60 heavy (non-hydrogen) atoms. The average molecular weight is 766 g/mol. The number of hydrogen-bond donors (Lipinski definition) is 0. The predicted octanol–water partition coefficient (Wildman–Crippen LogP) is 16.4. The molecule has 0 heterocycles. The molecule has 11 rings (SSSR count). The Labute approximate surface area is 352 Å². The lowest BCUT2D eigenvalue weighted by Crippen LogP contribution is -2.16. The molecule has 1 heteroatoms. The minimum absolute atomic E-state index is 0.184. The molecule has 0 unspecified atom stereocenters. The number of nitrogens with zero attached hydrogens (tertiary/aromatic N) is 1. The highest BCUT2D eigenvalue weighted by Gasteiger charge is 2.36. The first-order chi connectivity index (χ1) is 29.5. The Hall–Kier alpha value is -7.48. The first-order valence-electron chi connectivity index (χ1n) is 20.9. The molecule has 1 aliphatic rings. The Morgan fingerprint density at radius 3 is 1.47 bits per heavy atom. The first kappa shape index (κ1) is 35.7. The molecular weight excluding hydrogens is 723 g/mol. The molecule has 0 aliphatic heterocycles. The molecule has 0 bridgehead atoms. The number of para-hydroxylation sites is 1. The number of anilines is 3. The van der Waals surface area contributed by atoms with Gasteiger partial charge in [0.25, 0.3) is 0 Å². The molecule has 0 radical (unpaired) electrons. The molecule has 0 spiro atoms. The van der Waals surface area contributed by atoms with Gasteiger partial charge in [0.05, 0.1) is 0 Å². The Kier molecular flexibility index (Phi) is 8.57. The van der Waals surface area contributed by atoms with E-state index in [0.717, 1.165) is 17.1 Å². The third kappa shape index (κ3) is 6.10. The van der Waals surface area contributed by atoms with Crippen LogP contribution in [0.25, 0.3) is 77.2 Å². The van der Waals surface area contributed by atoms with Crippen LogP contribution in [0.4, 0.5) is 17.1 Å². The van der Waals surface area contributed by atoms with Crippen molar-refractivity contribution >= 4 is 38.6 Å². The molecular formula is C59H43N. The van der Waals surface area contributed by atoms with Crippen LogP contribution < -0.4 is 4.90 Å². The van der Waals surface area contributed by atoms with Gasteiger partial charge in [0, 0.05) is 22.5 Å². The number of rotatable bonds is 7. The van der Waals surface area contributed by atoms with Gasteiger partial charge < -0.3 is 4.90 Å². The molecule has 1 nitrogen and oxygen atoms in total. The van der Waals surface area contributed by atoms with Gasteiger partial charge >= 0.3 is 0 Å². The zero-order valence-electron chi connectivity index (χ0n) is 33.8. The summed E-state index contributed by atoms with van der Waals surface area (Å²) in [6.07, 6.45) is 0. The molecule has 10 aromatic carbocycles. The monoisotopic (exact) mass is 765 g/mol. The quantitative estimate of drug-likeness (QED) is 0.146. The highest BCUT2D eigenvalue weighted by Crippen LogP contribution is 2.52. The van der Waals surface area contributed by atoms with Crippen molar-refractivity contribution in [1.29, 1.82) is 0 Å². The summed E-state index contributed by atoms with van der Waals surface area (Å²) < 4.78 is 0. The van der Waals surface area contributed by atoms with Crippen molar-refractivity contribution in [2.24, 2.45) is 0 Å². The van der Waals surface area contributed by atoms with Crippen molar-refractivity contribution in [1.82, 2.24) is 0 Å². The third-order valence-corrected chi connectivity index (χ3v) is 12.7. The van der Waals surface area contributed by atoms with Gasteiger partial charge in [0.1, 0.15) is 0 Å². The highest BCUT2D eigenvalue weighted by atomic mass is 15.1. The fourth-order valence-corrected chi connectivity index (χ4v) is 9.52. The van der Waals surface area contributed by atoms with Gasteiger partial charge in [-0.3, -0.25) is 0 Å². The number of hydrogen-bond acceptors (Lipinski definition) is 1. The van der Waals surface area contributed by atoms with Crippen LogP contribution in [0.3, 0.4) is 0 Å². The van der Waals surface area contributed by atoms with Crippen LogP contribution in [0.2, 0.25) is 0 Å². The predicted molar refractivity (Wildman–Crippen MR) is 255 cm³/mol. The summed E-state index contributed by atoms with van der Waals surface area (Å²) >= 11 is 0. The van der Waals surface area contributed by atoms with Crippen LogP contribution in [-0.4, -0.2) is 0 Å². The molecule has 0 saturated carbocycles. The van der Waals surface area contributed by atoms with E-state index in [4.69, 9.17) is 0 Å². The van der Waals surface area contributed by atoms with E-state index < -0.39 is 0 Å². The smallest absolute Gasteiger partial charge is 0.0465 e. The minimum atomic E-state index is -0.184. The second-order valence-corrected chi connectivity index (χ2v) is 16.5. The van der Waals surface area contributed by atoms with Crippen LogP contribution in [0.15, 0.2) is 224 Å². The Bertz CT molecular complexity index is 3200. The lowest BCUT2D eigenvalue weighted by molar-refractivity contribution is 0.660. The molecule has 0 atom stereocenters. The topological polar surface area (TPSA) is 3.24 Å². The molecule has 0 amide bonds. The summed E-state index contributed by atoms with van der Waals surface area (Å²) in [5, 5.41) is 5.15. The molecule has 0 aromatic heterocycles. The summed E-state index contributed by atoms with van der Waals surface area (Å²) in [6, 6.07) is 82.2. The van der Waals surface area contributed by atoms with Crippen molar-refractivity contribution < 1.29 is 0 Å². The van der Waals surface area contributed by atoms with Crippen molar-refractivity contribution in [3.63, 3.8) is 0 Å². The number of fused-ring (bicyclic) bond motifs is 6. The summed E-state index contributed by atoms with van der Waals surface area (Å²) in [5.41, 5.74) is 18.4. The average Bonchev–Trinajstić information content (AvgIpc) is 3.54. The van der Waals surface area contributed by atoms with E-state index in [1.54, 1.807) is 0 Å². The van der Waals surface area contributed by atoms with Crippen LogP contribution in [0.1, 0.15) is 25.0 Å². The second-order valence-electron chi connectivity index (χ2n) is 16.5. The SMILES string of the molecule is CC1(C)c2cc(-c3ccc(-c4cc5ccccc5c5ccccc45)cc3)ccc2-c2ccc(N(c3ccccc3)c3ccc(-c4cccc(-c5ccccc5)c4)cc3)cc21. The maximum atomic E-state index is 2.43. The van der Waals surface area contributed by atoms with Gasteiger partial charge in [-0.15, -0.1) is 0 Å². The summed E-state index contributed by atoms with van der Waals surface area (Å²) in [7, 11) is 0. The lowest BCUT2D eigenvalue weighted by atomic mass is 9.81. The molecule has 0 fully saturated rings. The first-order valence-corrected chi connectivity index (χ1v) is 20.9. The zero-order chi connectivity index (χ0) is 40.2. The van der Waals surface area contributed by atoms with E-state index in [-0.39, 0.29) is 5.41 Å². The lowest BCUT2D eigenvalue weighted by Gasteiger charge is -2.28. The van der Waals surface area contributed by atoms with Gasteiger partial charge in [-0.25, -0.2) is 0 Å². The van der Waals surface area contributed by atoms with Gasteiger partial charge in [-0.2, -0.15) is 0 Å². The van der Waals surface area contributed by atoms with Gasteiger partial charge in [-0.05, 0) is 143 Å². The van der Waals surface area contributed by atoms with E-state index in [1.807, 2.05) is 0 Å². The molecule has 0 N–H and O–H groups in total. The van der Waals surface area contributed by atoms with Crippen molar-refractivity contribution in [2.75, 3.05) is 4.90 Å². The second kappa shape index (κ2) is 14.4. The van der Waals surface area contributed by atoms with E-state index in [1.165, 1.54) is 88.3 Å². The summed E-state index contributed by atoms with van der Waals surface area (Å²) in [4.78, 5) is 2.38. The summed E-state index contributed by atoms with van der Waals surface area (Å²) in [5.74, 6) is 0. The van der Waals surface area contributed by atoms with E-state index in [2.05, 4.69) is 243 Å². The van der Waals surface area contributed by atoms with Crippen molar-refractivity contribution in [2.45, 2.75) is 19.3 Å². The normalized spacial score (nSPS) is 12.6.